The number of aliphatic hydroxyl groups excluding tert-OH is 1. The van der Waals surface area contributed by atoms with Gasteiger partial charge in [-0.2, -0.15) is 0 Å². The van der Waals surface area contributed by atoms with E-state index in [1.165, 1.54) is 38.5 Å². The molecule has 14 heavy (non-hydrogen) atoms. The van der Waals surface area contributed by atoms with E-state index in [0.29, 0.717) is 6.61 Å². The molecule has 1 heteroatoms. The summed E-state index contributed by atoms with van der Waals surface area (Å²) in [4.78, 5) is 0. The van der Waals surface area contributed by atoms with Crippen LogP contribution in [-0.4, -0.2) is 11.7 Å². The Kier molecular flexibility index (Phi) is 10.5. The molecule has 0 aliphatic rings. The van der Waals surface area contributed by atoms with Crippen molar-refractivity contribution in [1.29, 1.82) is 0 Å². The first kappa shape index (κ1) is 13.7. The molecule has 84 valence electrons. The van der Waals surface area contributed by atoms with Gasteiger partial charge in [-0.05, 0) is 32.1 Å². The molecule has 1 N–H and O–H groups in total. The molecule has 0 heterocycles. The molecule has 0 aromatic heterocycles. The Morgan fingerprint density at radius 2 is 1.64 bits per heavy atom. The second-order valence-electron chi connectivity index (χ2n) is 3.94. The molecule has 0 aliphatic carbocycles. The van der Waals surface area contributed by atoms with Crippen LogP contribution in [0.2, 0.25) is 0 Å². The molecule has 0 aliphatic heterocycles. The van der Waals surface area contributed by atoms with Gasteiger partial charge in [-0.1, -0.05) is 44.8 Å². The SMILES string of the molecule is CCCC/C=C(\CCCC)CCCO. The maximum Gasteiger partial charge on any atom is 0.0434 e. The third kappa shape index (κ3) is 8.31. The van der Waals surface area contributed by atoms with E-state index in [2.05, 4.69) is 19.9 Å². The summed E-state index contributed by atoms with van der Waals surface area (Å²) in [6, 6.07) is 0. The molecule has 0 aromatic rings. The zero-order chi connectivity index (χ0) is 10.6. The Balaban J connectivity index is 3.75. The van der Waals surface area contributed by atoms with Crippen LogP contribution in [0, 0.1) is 0 Å². The summed E-state index contributed by atoms with van der Waals surface area (Å²) >= 11 is 0. The van der Waals surface area contributed by atoms with Crippen LogP contribution in [0.15, 0.2) is 11.6 Å². The molecule has 1 nitrogen and oxygen atoms in total. The highest BCUT2D eigenvalue weighted by Gasteiger charge is 1.96. The summed E-state index contributed by atoms with van der Waals surface area (Å²) in [7, 11) is 0. The first-order valence-electron chi connectivity index (χ1n) is 6.13. The van der Waals surface area contributed by atoms with E-state index < -0.39 is 0 Å². The van der Waals surface area contributed by atoms with Gasteiger partial charge in [0, 0.05) is 6.61 Å². The van der Waals surface area contributed by atoms with Crippen molar-refractivity contribution >= 4 is 0 Å². The van der Waals surface area contributed by atoms with Crippen molar-refractivity contribution in [2.45, 2.75) is 65.2 Å². The second-order valence-corrected chi connectivity index (χ2v) is 3.94. The van der Waals surface area contributed by atoms with Gasteiger partial charge in [-0.25, -0.2) is 0 Å². The lowest BCUT2D eigenvalue weighted by molar-refractivity contribution is 0.288. The Morgan fingerprint density at radius 3 is 2.21 bits per heavy atom. The first-order valence-corrected chi connectivity index (χ1v) is 6.13. The van der Waals surface area contributed by atoms with Crippen molar-refractivity contribution in [2.75, 3.05) is 6.61 Å². The summed E-state index contributed by atoms with van der Waals surface area (Å²) in [6.07, 6.45) is 12.0. The monoisotopic (exact) mass is 198 g/mol. The molecule has 0 saturated heterocycles. The summed E-state index contributed by atoms with van der Waals surface area (Å²) in [5, 5.41) is 8.78. The van der Waals surface area contributed by atoms with Gasteiger partial charge < -0.3 is 5.11 Å². The van der Waals surface area contributed by atoms with Crippen LogP contribution in [-0.2, 0) is 0 Å². The molecule has 0 aromatic carbocycles. The molecule has 0 amide bonds. The number of hydrogen-bond donors (Lipinski definition) is 1. The molecule has 0 fully saturated rings. The van der Waals surface area contributed by atoms with E-state index >= 15 is 0 Å². The topological polar surface area (TPSA) is 20.2 Å². The van der Waals surface area contributed by atoms with E-state index in [1.807, 2.05) is 0 Å². The van der Waals surface area contributed by atoms with Crippen LogP contribution in [0.4, 0.5) is 0 Å². The third-order valence-corrected chi connectivity index (χ3v) is 2.50. The number of unbranched alkanes of at least 4 members (excludes halogenated alkanes) is 3. The number of aliphatic hydroxyl groups is 1. The molecular formula is C13H26O. The van der Waals surface area contributed by atoms with Gasteiger partial charge in [-0.15, -0.1) is 0 Å². The van der Waals surface area contributed by atoms with Crippen LogP contribution in [0.25, 0.3) is 0 Å². The van der Waals surface area contributed by atoms with E-state index in [0.717, 1.165) is 12.8 Å². The van der Waals surface area contributed by atoms with Gasteiger partial charge in [-0.3, -0.25) is 0 Å². The standard InChI is InChI=1S/C13H26O/c1-3-5-7-10-13(9-6-4-2)11-8-12-14/h10,14H,3-9,11-12H2,1-2H3/b13-10+. The van der Waals surface area contributed by atoms with Gasteiger partial charge in [0.1, 0.15) is 0 Å². The summed E-state index contributed by atoms with van der Waals surface area (Å²) in [5.41, 5.74) is 1.56. The second kappa shape index (κ2) is 10.8. The van der Waals surface area contributed by atoms with Gasteiger partial charge in [0.05, 0.1) is 0 Å². The summed E-state index contributed by atoms with van der Waals surface area (Å²) in [5.74, 6) is 0. The third-order valence-electron chi connectivity index (χ3n) is 2.50. The minimum Gasteiger partial charge on any atom is -0.396 e. The van der Waals surface area contributed by atoms with Crippen LogP contribution in [0.1, 0.15) is 65.2 Å². The van der Waals surface area contributed by atoms with Crippen LogP contribution < -0.4 is 0 Å². The normalized spacial score (nSPS) is 12.1. The van der Waals surface area contributed by atoms with E-state index in [9.17, 15) is 0 Å². The van der Waals surface area contributed by atoms with Crippen molar-refractivity contribution in [2.24, 2.45) is 0 Å². The molecule has 0 radical (unpaired) electrons. The fourth-order valence-electron chi connectivity index (χ4n) is 1.55. The van der Waals surface area contributed by atoms with E-state index in [-0.39, 0.29) is 0 Å². The van der Waals surface area contributed by atoms with Crippen molar-refractivity contribution in [3.05, 3.63) is 11.6 Å². The predicted molar refractivity (Wildman–Crippen MR) is 63.5 cm³/mol. The molecule has 0 unspecified atom stereocenters. The smallest absolute Gasteiger partial charge is 0.0434 e. The van der Waals surface area contributed by atoms with Gasteiger partial charge >= 0.3 is 0 Å². The molecular weight excluding hydrogens is 172 g/mol. The Bertz CT molecular complexity index is 128. The van der Waals surface area contributed by atoms with Crippen LogP contribution in [0.5, 0.6) is 0 Å². The zero-order valence-corrected chi connectivity index (χ0v) is 9.89. The molecule has 0 bridgehead atoms. The number of hydrogen-bond acceptors (Lipinski definition) is 1. The fraction of sp³-hybridized carbons (Fsp3) is 0.846. The van der Waals surface area contributed by atoms with Crippen LogP contribution in [0.3, 0.4) is 0 Å². The van der Waals surface area contributed by atoms with Gasteiger partial charge in [0.25, 0.3) is 0 Å². The predicted octanol–water partition coefficient (Wildman–Crippen LogP) is 4.07. The highest BCUT2D eigenvalue weighted by molar-refractivity contribution is 5.01. The average molecular weight is 198 g/mol. The fourth-order valence-corrected chi connectivity index (χ4v) is 1.55. The molecule has 0 rings (SSSR count). The van der Waals surface area contributed by atoms with Crippen molar-refractivity contribution in [1.82, 2.24) is 0 Å². The highest BCUT2D eigenvalue weighted by Crippen LogP contribution is 2.15. The Hall–Kier alpha value is -0.300. The number of rotatable bonds is 9. The van der Waals surface area contributed by atoms with Gasteiger partial charge in [0.2, 0.25) is 0 Å². The van der Waals surface area contributed by atoms with Crippen molar-refractivity contribution in [3.63, 3.8) is 0 Å². The minimum atomic E-state index is 0.331. The average Bonchev–Trinajstić information content (AvgIpc) is 2.21. The first-order chi connectivity index (χ1) is 6.85. The van der Waals surface area contributed by atoms with E-state index in [4.69, 9.17) is 5.11 Å². The van der Waals surface area contributed by atoms with Gasteiger partial charge in [0.15, 0.2) is 0 Å². The quantitative estimate of drug-likeness (QED) is 0.437. The van der Waals surface area contributed by atoms with Crippen molar-refractivity contribution in [3.8, 4) is 0 Å². The minimum absolute atomic E-state index is 0.331. The van der Waals surface area contributed by atoms with Crippen LogP contribution >= 0.6 is 0 Å². The zero-order valence-electron chi connectivity index (χ0n) is 9.89. The van der Waals surface area contributed by atoms with E-state index in [1.54, 1.807) is 5.57 Å². The summed E-state index contributed by atoms with van der Waals surface area (Å²) in [6.45, 7) is 4.79. The Morgan fingerprint density at radius 1 is 1.00 bits per heavy atom. The van der Waals surface area contributed by atoms with Crippen molar-refractivity contribution < 1.29 is 5.11 Å². The lowest BCUT2D eigenvalue weighted by Gasteiger charge is -2.05. The molecule has 0 saturated carbocycles. The molecule has 0 atom stereocenters. The maximum atomic E-state index is 8.78. The maximum absolute atomic E-state index is 8.78. The highest BCUT2D eigenvalue weighted by atomic mass is 16.2. The Labute approximate surface area is 89.2 Å². The summed E-state index contributed by atoms with van der Waals surface area (Å²) < 4.78 is 0. The lowest BCUT2D eigenvalue weighted by Crippen LogP contribution is -1.89. The largest absolute Gasteiger partial charge is 0.396 e. The lowest BCUT2D eigenvalue weighted by atomic mass is 10.0. The number of allylic oxidation sites excluding steroid dienone is 2. The molecule has 0 spiro atoms.